The van der Waals surface area contributed by atoms with Crippen LogP contribution in [0.3, 0.4) is 0 Å². The summed E-state index contributed by atoms with van der Waals surface area (Å²) in [6, 6.07) is 9.04. The van der Waals surface area contributed by atoms with E-state index in [-0.39, 0.29) is 16.4 Å². The number of hydrogen-bond acceptors (Lipinski definition) is 4. The van der Waals surface area contributed by atoms with E-state index in [1.54, 1.807) is 39.0 Å². The molecular weight excluding hydrogens is 419 g/mol. The summed E-state index contributed by atoms with van der Waals surface area (Å²) in [5, 5.41) is 5.51. The summed E-state index contributed by atoms with van der Waals surface area (Å²) in [6.07, 6.45) is 0. The number of hydrogen-bond donors (Lipinski definition) is 2. The maximum absolute atomic E-state index is 14.7. The number of thiocarbonyl (C=S) groups is 1. The Bertz CT molecular complexity index is 1080. The molecule has 0 aliphatic rings. The largest absolute Gasteiger partial charge is 0.467 e. The lowest BCUT2D eigenvalue weighted by atomic mass is 10.0. The van der Waals surface area contributed by atoms with E-state index in [9.17, 15) is 14.0 Å². The summed E-state index contributed by atoms with van der Waals surface area (Å²) in [4.78, 5) is 29.2. The summed E-state index contributed by atoms with van der Waals surface area (Å²) in [5.41, 5.74) is 0.685. The molecule has 2 rings (SSSR count). The number of amides is 1. The van der Waals surface area contributed by atoms with Gasteiger partial charge in [0, 0.05) is 18.4 Å². The van der Waals surface area contributed by atoms with Gasteiger partial charge in [0.15, 0.2) is 10.8 Å². The van der Waals surface area contributed by atoms with Crippen molar-refractivity contribution in [3.05, 3.63) is 64.8 Å². The van der Waals surface area contributed by atoms with Gasteiger partial charge in [0.2, 0.25) is 0 Å². The van der Waals surface area contributed by atoms with E-state index in [0.717, 1.165) is 11.6 Å². The predicted molar refractivity (Wildman–Crippen MR) is 122 cm³/mol. The highest BCUT2D eigenvalue weighted by atomic mass is 32.1. The highest BCUT2D eigenvalue weighted by molar-refractivity contribution is 7.80. The Labute approximate surface area is 186 Å². The summed E-state index contributed by atoms with van der Waals surface area (Å²) in [5.74, 6) is -1.92. The van der Waals surface area contributed by atoms with Crippen LogP contribution in [0.1, 0.15) is 29.8 Å². The minimum Gasteiger partial charge on any atom is -0.467 e. The van der Waals surface area contributed by atoms with Crippen molar-refractivity contribution >= 4 is 46.3 Å². The van der Waals surface area contributed by atoms with Gasteiger partial charge >= 0.3 is 5.97 Å². The van der Waals surface area contributed by atoms with Crippen LogP contribution in [-0.2, 0) is 9.53 Å². The predicted octanol–water partition coefficient (Wildman–Crippen LogP) is 4.20. The molecule has 0 spiro atoms. The van der Waals surface area contributed by atoms with Crippen LogP contribution in [0.2, 0.25) is 0 Å². The zero-order valence-electron chi connectivity index (χ0n) is 17.9. The number of rotatable bonds is 5. The van der Waals surface area contributed by atoms with Crippen LogP contribution in [0.5, 0.6) is 0 Å². The molecule has 0 atom stereocenters. The lowest BCUT2D eigenvalue weighted by Crippen LogP contribution is -2.55. The number of carbonyl (C=O) groups is 2. The van der Waals surface area contributed by atoms with Gasteiger partial charge in [-0.2, -0.15) is 0 Å². The van der Waals surface area contributed by atoms with Gasteiger partial charge < -0.3 is 20.3 Å². The van der Waals surface area contributed by atoms with E-state index in [2.05, 4.69) is 15.5 Å². The third kappa shape index (κ3) is 4.98. The molecule has 9 heteroatoms. The van der Waals surface area contributed by atoms with Gasteiger partial charge in [0.1, 0.15) is 11.4 Å². The fraction of sp³-hybridized carbons (Fsp3) is 0.273. The number of ether oxygens (including phenoxy) is 1. The lowest BCUT2D eigenvalue weighted by molar-refractivity contribution is -0.145. The second-order valence-electron chi connectivity index (χ2n) is 7.17. The van der Waals surface area contributed by atoms with E-state index in [1.807, 2.05) is 0 Å². The highest BCUT2D eigenvalue weighted by Gasteiger charge is 2.39. The zero-order chi connectivity index (χ0) is 23.3. The molecule has 0 unspecified atom stereocenters. The number of methoxy groups -OCH3 is 1. The molecule has 2 aromatic carbocycles. The van der Waals surface area contributed by atoms with Gasteiger partial charge in [-0.15, -0.1) is 0 Å². The van der Waals surface area contributed by atoms with E-state index >= 15 is 0 Å². The number of halogens is 1. The van der Waals surface area contributed by atoms with Gasteiger partial charge in [0.25, 0.3) is 5.91 Å². The van der Waals surface area contributed by atoms with Crippen LogP contribution in [-0.4, -0.2) is 36.7 Å². The minimum absolute atomic E-state index is 0.109. The van der Waals surface area contributed by atoms with Gasteiger partial charge in [-0.1, -0.05) is 6.07 Å². The van der Waals surface area contributed by atoms with Gasteiger partial charge in [0.05, 0.1) is 19.2 Å². The summed E-state index contributed by atoms with van der Waals surface area (Å²) >= 11 is 5.55. The number of carbonyl (C=O) groups excluding carboxylic acids is 2. The van der Waals surface area contributed by atoms with Gasteiger partial charge in [-0.3, -0.25) is 4.79 Å². The van der Waals surface area contributed by atoms with Gasteiger partial charge in [-0.05, 0) is 68.9 Å². The number of benzene rings is 2. The molecule has 0 saturated carbocycles. The first-order chi connectivity index (χ1) is 14.6. The SMILES string of the molecule is [C-]#[N+]c1ccc(NC(=S)N(c2ccc(C(=O)NC)c(F)c2)C(C)(C)C(=O)OC)cc1C. The molecular formula is C22H23FN4O3S. The highest BCUT2D eigenvalue weighted by Crippen LogP contribution is 2.29. The van der Waals surface area contributed by atoms with E-state index in [0.29, 0.717) is 11.4 Å². The normalized spacial score (nSPS) is 10.6. The first kappa shape index (κ1) is 23.8. The number of nitrogens with one attached hydrogen (secondary N) is 2. The Morgan fingerprint density at radius 2 is 1.90 bits per heavy atom. The molecule has 0 saturated heterocycles. The second-order valence-corrected chi connectivity index (χ2v) is 7.56. The Hall–Kier alpha value is -3.51. The van der Waals surface area contributed by atoms with Crippen molar-refractivity contribution in [1.82, 2.24) is 5.32 Å². The fourth-order valence-electron chi connectivity index (χ4n) is 3.03. The molecule has 0 heterocycles. The molecule has 1 amide bonds. The van der Waals surface area contributed by atoms with E-state index < -0.39 is 23.2 Å². The minimum atomic E-state index is -1.30. The smallest absolute Gasteiger partial charge is 0.331 e. The molecule has 7 nitrogen and oxygen atoms in total. The molecule has 2 aromatic rings. The van der Waals surface area contributed by atoms with E-state index in [1.165, 1.54) is 31.2 Å². The third-order valence-corrected chi connectivity index (χ3v) is 4.98. The van der Waals surface area contributed by atoms with E-state index in [4.69, 9.17) is 23.5 Å². The Morgan fingerprint density at radius 3 is 2.42 bits per heavy atom. The van der Waals surface area contributed by atoms with Crippen molar-refractivity contribution in [3.8, 4) is 0 Å². The van der Waals surface area contributed by atoms with Crippen LogP contribution in [0.15, 0.2) is 36.4 Å². The number of aryl methyl sites for hydroxylation is 1. The summed E-state index contributed by atoms with van der Waals surface area (Å²) < 4.78 is 19.6. The quantitative estimate of drug-likeness (QED) is 0.411. The van der Waals surface area contributed by atoms with Crippen molar-refractivity contribution < 1.29 is 18.7 Å². The maximum Gasteiger partial charge on any atom is 0.331 e. The molecule has 2 N–H and O–H groups in total. The van der Waals surface area contributed by atoms with Crippen molar-refractivity contribution in [3.63, 3.8) is 0 Å². The first-order valence-electron chi connectivity index (χ1n) is 9.26. The summed E-state index contributed by atoms with van der Waals surface area (Å²) in [6.45, 7) is 12.1. The fourth-order valence-corrected chi connectivity index (χ4v) is 3.49. The third-order valence-electron chi connectivity index (χ3n) is 4.70. The van der Waals surface area contributed by atoms with Gasteiger partial charge in [-0.25, -0.2) is 14.0 Å². The second kappa shape index (κ2) is 9.53. The molecule has 0 aromatic heterocycles. The molecule has 0 fully saturated rings. The Morgan fingerprint density at radius 1 is 1.23 bits per heavy atom. The van der Waals surface area contributed by atoms with Crippen LogP contribution in [0.25, 0.3) is 4.85 Å². The van der Waals surface area contributed by atoms with Crippen LogP contribution < -0.4 is 15.5 Å². The standard InChI is InChI=1S/C22H23FN4O3S/c1-13-11-14(7-10-18(13)24-4)26-21(31)27(22(2,3)20(29)30-6)15-8-9-16(17(23)12-15)19(28)25-5/h7-12H,1-3,5-6H3,(H,25,28)(H,26,31). The van der Waals surface area contributed by atoms with Crippen molar-refractivity contribution in [1.29, 1.82) is 0 Å². The topological polar surface area (TPSA) is 75.0 Å². The number of nitrogens with zero attached hydrogens (tertiary/aromatic N) is 2. The molecule has 0 aliphatic heterocycles. The first-order valence-corrected chi connectivity index (χ1v) is 9.67. The Balaban J connectivity index is 2.51. The maximum atomic E-state index is 14.7. The van der Waals surface area contributed by atoms with Crippen molar-refractivity contribution in [2.24, 2.45) is 0 Å². The average Bonchev–Trinajstić information content (AvgIpc) is 2.72. The Kier molecular flexibility index (Phi) is 7.31. The average molecular weight is 443 g/mol. The molecule has 0 bridgehead atoms. The monoisotopic (exact) mass is 442 g/mol. The molecule has 31 heavy (non-hydrogen) atoms. The molecule has 162 valence electrons. The lowest BCUT2D eigenvalue weighted by Gasteiger charge is -2.38. The molecule has 0 radical (unpaired) electrons. The number of anilines is 2. The van der Waals surface area contributed by atoms with Crippen LogP contribution in [0, 0.1) is 19.3 Å². The van der Waals surface area contributed by atoms with Crippen molar-refractivity contribution in [2.75, 3.05) is 24.4 Å². The summed E-state index contributed by atoms with van der Waals surface area (Å²) in [7, 11) is 2.66. The van der Waals surface area contributed by atoms with Crippen LogP contribution in [0.4, 0.5) is 21.5 Å². The number of esters is 1. The van der Waals surface area contributed by atoms with Crippen molar-refractivity contribution in [2.45, 2.75) is 26.3 Å². The zero-order valence-corrected chi connectivity index (χ0v) is 18.7. The molecule has 0 aliphatic carbocycles. The van der Waals surface area contributed by atoms with Crippen LogP contribution >= 0.6 is 12.2 Å².